The van der Waals surface area contributed by atoms with Crippen molar-refractivity contribution in [1.82, 2.24) is 0 Å². The smallest absolute Gasteiger partial charge is 0.184 e. The highest BCUT2D eigenvalue weighted by molar-refractivity contribution is 4.96. The summed E-state index contributed by atoms with van der Waals surface area (Å²) < 4.78 is 16.1. The lowest BCUT2D eigenvalue weighted by atomic mass is 10.1. The van der Waals surface area contributed by atoms with Gasteiger partial charge in [0.2, 0.25) is 0 Å². The van der Waals surface area contributed by atoms with Crippen molar-refractivity contribution in [3.8, 4) is 0 Å². The number of fused-ring (bicyclic) bond motifs is 1. The Balaban J connectivity index is 2.15. The molecule has 2 rings (SSSR count). The van der Waals surface area contributed by atoms with Crippen LogP contribution in [-0.4, -0.2) is 46.7 Å². The molecule has 0 aromatic heterocycles. The monoisotopic (exact) mass is 204 g/mol. The van der Waals surface area contributed by atoms with Crippen LogP contribution >= 0.6 is 0 Å². The zero-order valence-corrected chi connectivity index (χ0v) is 8.51. The van der Waals surface area contributed by atoms with Crippen LogP contribution in [0.5, 0.6) is 0 Å². The summed E-state index contributed by atoms with van der Waals surface area (Å²) in [6, 6.07) is 0. The summed E-state index contributed by atoms with van der Waals surface area (Å²) in [4.78, 5) is 0. The lowest BCUT2D eigenvalue weighted by Crippen LogP contribution is -2.36. The normalized spacial score (nSPS) is 47.8. The highest BCUT2D eigenvalue weighted by atomic mass is 16.8. The number of ether oxygens (including phenoxy) is 3. The maximum Gasteiger partial charge on any atom is 0.184 e. The molecule has 2 fully saturated rings. The molecule has 0 saturated carbocycles. The summed E-state index contributed by atoms with van der Waals surface area (Å²) in [6.07, 6.45) is -3.10. The molecule has 5 atom stereocenters. The van der Waals surface area contributed by atoms with Gasteiger partial charge in [0.05, 0.1) is 6.10 Å². The number of rotatable bonds is 1. The molecule has 5 heteroatoms. The first-order valence-corrected chi connectivity index (χ1v) is 4.78. The molecule has 0 spiro atoms. The Kier molecular flexibility index (Phi) is 2.32. The fraction of sp³-hybridized carbons (Fsp3) is 1.00. The van der Waals surface area contributed by atoms with Crippen LogP contribution in [-0.2, 0) is 14.2 Å². The van der Waals surface area contributed by atoms with Crippen molar-refractivity contribution < 1.29 is 24.4 Å². The molecule has 0 aromatic rings. The highest BCUT2D eigenvalue weighted by Gasteiger charge is 2.55. The lowest BCUT2D eigenvalue weighted by Gasteiger charge is -2.23. The molecule has 0 radical (unpaired) electrons. The van der Waals surface area contributed by atoms with Gasteiger partial charge in [-0.25, -0.2) is 0 Å². The van der Waals surface area contributed by atoms with Crippen molar-refractivity contribution in [2.75, 3.05) is 0 Å². The van der Waals surface area contributed by atoms with E-state index in [1.165, 1.54) is 0 Å². The Labute approximate surface area is 82.6 Å². The van der Waals surface area contributed by atoms with Crippen molar-refractivity contribution in [2.45, 2.75) is 57.3 Å². The third-order valence-corrected chi connectivity index (χ3v) is 2.54. The van der Waals surface area contributed by atoms with Crippen LogP contribution in [0.3, 0.4) is 0 Å². The average Bonchev–Trinajstić information content (AvgIpc) is 2.47. The summed E-state index contributed by atoms with van der Waals surface area (Å²) >= 11 is 0. The Morgan fingerprint density at radius 3 is 2.36 bits per heavy atom. The second-order valence-corrected chi connectivity index (χ2v) is 4.30. The minimum Gasteiger partial charge on any atom is -0.391 e. The Bertz CT molecular complexity index is 225. The first-order chi connectivity index (χ1) is 6.41. The number of aliphatic hydroxyl groups is 2. The summed E-state index contributed by atoms with van der Waals surface area (Å²) in [7, 11) is 0. The van der Waals surface area contributed by atoms with Crippen LogP contribution in [0, 0.1) is 0 Å². The van der Waals surface area contributed by atoms with Crippen molar-refractivity contribution in [3.05, 3.63) is 0 Å². The van der Waals surface area contributed by atoms with Gasteiger partial charge in [-0.15, -0.1) is 0 Å². The van der Waals surface area contributed by atoms with E-state index in [4.69, 9.17) is 14.2 Å². The predicted octanol–water partition coefficient (Wildman–Crippen LogP) is -0.396. The largest absolute Gasteiger partial charge is 0.391 e. The summed E-state index contributed by atoms with van der Waals surface area (Å²) in [5.41, 5.74) is 0. The summed E-state index contributed by atoms with van der Waals surface area (Å²) in [5.74, 6) is -0.715. The van der Waals surface area contributed by atoms with E-state index < -0.39 is 30.4 Å². The van der Waals surface area contributed by atoms with Gasteiger partial charge in [-0.05, 0) is 20.8 Å². The first-order valence-electron chi connectivity index (χ1n) is 4.78. The van der Waals surface area contributed by atoms with Crippen molar-refractivity contribution in [3.63, 3.8) is 0 Å². The van der Waals surface area contributed by atoms with Gasteiger partial charge in [-0.3, -0.25) is 0 Å². The van der Waals surface area contributed by atoms with Crippen LogP contribution in [0.4, 0.5) is 0 Å². The summed E-state index contributed by atoms with van der Waals surface area (Å²) in [5, 5.41) is 18.9. The van der Waals surface area contributed by atoms with Crippen LogP contribution in [0.25, 0.3) is 0 Å². The summed E-state index contributed by atoms with van der Waals surface area (Å²) in [6.45, 7) is 5.16. The van der Waals surface area contributed by atoms with Gasteiger partial charge in [0.15, 0.2) is 12.1 Å². The first kappa shape index (κ1) is 10.3. The van der Waals surface area contributed by atoms with Crippen LogP contribution in [0.2, 0.25) is 0 Å². The second kappa shape index (κ2) is 3.15. The molecule has 0 aliphatic carbocycles. The van der Waals surface area contributed by atoms with Gasteiger partial charge in [0.25, 0.3) is 0 Å². The van der Waals surface area contributed by atoms with Gasteiger partial charge in [-0.1, -0.05) is 0 Å². The molecule has 2 saturated heterocycles. The highest BCUT2D eigenvalue weighted by Crippen LogP contribution is 2.38. The molecule has 0 unspecified atom stereocenters. The van der Waals surface area contributed by atoms with Gasteiger partial charge >= 0.3 is 0 Å². The average molecular weight is 204 g/mol. The molecule has 14 heavy (non-hydrogen) atoms. The molecule has 0 aromatic carbocycles. The van der Waals surface area contributed by atoms with Crippen molar-refractivity contribution in [1.29, 1.82) is 0 Å². The van der Waals surface area contributed by atoms with Gasteiger partial charge < -0.3 is 24.4 Å². The molecule has 2 aliphatic rings. The van der Waals surface area contributed by atoms with Crippen LogP contribution < -0.4 is 0 Å². The molecule has 0 bridgehead atoms. The quantitative estimate of drug-likeness (QED) is 0.608. The molecular formula is C9H16O5. The van der Waals surface area contributed by atoms with E-state index >= 15 is 0 Å². The Morgan fingerprint density at radius 2 is 1.79 bits per heavy atom. The van der Waals surface area contributed by atoms with Gasteiger partial charge in [0.1, 0.15) is 18.3 Å². The van der Waals surface area contributed by atoms with E-state index in [1.54, 1.807) is 20.8 Å². The van der Waals surface area contributed by atoms with E-state index in [1.807, 2.05) is 0 Å². The maximum absolute atomic E-state index is 9.51. The zero-order chi connectivity index (χ0) is 10.5. The number of hydrogen-bond acceptors (Lipinski definition) is 5. The SMILES string of the molecule is C[C@@H](O)[C@H]1O[C@H](O)[C@H]2OC(C)(C)O[C@@H]12. The van der Waals surface area contributed by atoms with Crippen molar-refractivity contribution in [2.24, 2.45) is 0 Å². The zero-order valence-electron chi connectivity index (χ0n) is 8.51. The van der Waals surface area contributed by atoms with E-state index in [0.717, 1.165) is 0 Å². The second-order valence-electron chi connectivity index (χ2n) is 4.30. The molecule has 0 amide bonds. The lowest BCUT2D eigenvalue weighted by molar-refractivity contribution is -0.229. The third kappa shape index (κ3) is 1.55. The van der Waals surface area contributed by atoms with E-state index in [9.17, 15) is 10.2 Å². The topological polar surface area (TPSA) is 68.2 Å². The number of aliphatic hydroxyl groups excluding tert-OH is 2. The standard InChI is InChI=1S/C9H16O5/c1-4(10)5-6-7(8(11)12-5)14-9(2,3)13-6/h4-8,10-11H,1-3H3/t4-,5-,6+,7+,8+/m1/s1. The van der Waals surface area contributed by atoms with E-state index in [0.29, 0.717) is 0 Å². The number of hydrogen-bond donors (Lipinski definition) is 2. The van der Waals surface area contributed by atoms with Crippen molar-refractivity contribution >= 4 is 0 Å². The van der Waals surface area contributed by atoms with E-state index in [2.05, 4.69) is 0 Å². The fourth-order valence-electron chi connectivity index (χ4n) is 2.00. The van der Waals surface area contributed by atoms with Crippen LogP contribution in [0.1, 0.15) is 20.8 Å². The molecule has 82 valence electrons. The van der Waals surface area contributed by atoms with E-state index in [-0.39, 0.29) is 6.10 Å². The molecule has 2 heterocycles. The fourth-order valence-corrected chi connectivity index (χ4v) is 2.00. The maximum atomic E-state index is 9.51. The third-order valence-electron chi connectivity index (χ3n) is 2.54. The van der Waals surface area contributed by atoms with Crippen LogP contribution in [0.15, 0.2) is 0 Å². The Hall–Kier alpha value is -0.200. The van der Waals surface area contributed by atoms with Gasteiger partial charge in [-0.2, -0.15) is 0 Å². The van der Waals surface area contributed by atoms with Gasteiger partial charge in [0, 0.05) is 0 Å². The molecule has 5 nitrogen and oxygen atoms in total. The minimum absolute atomic E-state index is 0.389. The molecule has 2 N–H and O–H groups in total. The predicted molar refractivity (Wildman–Crippen MR) is 46.4 cm³/mol. The minimum atomic E-state index is -1.01. The molecule has 2 aliphatic heterocycles. The Morgan fingerprint density at radius 1 is 1.21 bits per heavy atom. The molecular weight excluding hydrogens is 188 g/mol.